The van der Waals surface area contributed by atoms with Gasteiger partial charge in [-0.05, 0) is 42.8 Å². The summed E-state index contributed by atoms with van der Waals surface area (Å²) >= 11 is 1.56. The van der Waals surface area contributed by atoms with Crippen LogP contribution in [0.2, 0.25) is 0 Å². The van der Waals surface area contributed by atoms with E-state index in [1.165, 1.54) is 12.1 Å². The van der Waals surface area contributed by atoms with E-state index in [0.29, 0.717) is 12.2 Å². The third kappa shape index (κ3) is 5.78. The van der Waals surface area contributed by atoms with Crippen molar-refractivity contribution in [3.05, 3.63) is 59.7 Å². The molecule has 0 aromatic heterocycles. The highest BCUT2D eigenvalue weighted by atomic mass is 32.2. The summed E-state index contributed by atoms with van der Waals surface area (Å²) < 4.78 is 43.3. The largest absolute Gasteiger partial charge is 0.483 e. The predicted octanol–water partition coefficient (Wildman–Crippen LogP) is 4.51. The first-order chi connectivity index (χ1) is 12.3. The first-order valence-electron chi connectivity index (χ1n) is 7.97. The lowest BCUT2D eigenvalue weighted by Crippen LogP contribution is -2.30. The maximum Gasteiger partial charge on any atom is 0.416 e. The van der Waals surface area contributed by atoms with Crippen LogP contribution in [0.25, 0.3) is 0 Å². The van der Waals surface area contributed by atoms with Gasteiger partial charge in [-0.3, -0.25) is 4.79 Å². The van der Waals surface area contributed by atoms with Crippen molar-refractivity contribution >= 4 is 17.5 Å². The van der Waals surface area contributed by atoms with Gasteiger partial charge in [-0.1, -0.05) is 18.2 Å². The monoisotopic (exact) mass is 384 g/mol. The normalized spacial score (nSPS) is 12.7. The number of ketones is 1. The average Bonchev–Trinajstić information content (AvgIpc) is 2.61. The van der Waals surface area contributed by atoms with Crippen molar-refractivity contribution in [2.75, 3.05) is 12.4 Å². The minimum atomic E-state index is -4.43. The number of aliphatic hydroxyl groups excluding tert-OH is 1. The number of Topliss-reactive ketones (excluding diaryl/α,β-unsaturated/α-hetero) is 1. The van der Waals surface area contributed by atoms with E-state index in [9.17, 15) is 18.0 Å². The minimum Gasteiger partial charge on any atom is -0.483 e. The molecule has 2 aromatic rings. The highest BCUT2D eigenvalue weighted by Crippen LogP contribution is 2.30. The first kappa shape index (κ1) is 20.3. The molecule has 0 spiro atoms. The van der Waals surface area contributed by atoms with Crippen molar-refractivity contribution in [1.29, 1.82) is 0 Å². The molecule has 140 valence electrons. The number of halogens is 3. The SMILES string of the molecule is Cc1ccccc1SCC[C@H](Oc1ccc(C(F)(F)F)cc1)C(=O)CO. The van der Waals surface area contributed by atoms with Crippen LogP contribution in [0.3, 0.4) is 0 Å². The van der Waals surface area contributed by atoms with Gasteiger partial charge in [0.1, 0.15) is 12.4 Å². The number of hydrogen-bond acceptors (Lipinski definition) is 4. The molecule has 0 saturated heterocycles. The van der Waals surface area contributed by atoms with Crippen LogP contribution < -0.4 is 4.74 Å². The van der Waals surface area contributed by atoms with Crippen molar-refractivity contribution in [2.24, 2.45) is 0 Å². The number of ether oxygens (including phenoxy) is 1. The molecule has 7 heteroatoms. The van der Waals surface area contributed by atoms with Crippen molar-refractivity contribution in [3.63, 3.8) is 0 Å². The number of hydrogen-bond donors (Lipinski definition) is 1. The van der Waals surface area contributed by atoms with Gasteiger partial charge in [0.15, 0.2) is 11.9 Å². The van der Waals surface area contributed by atoms with Crippen LogP contribution in [0.1, 0.15) is 17.5 Å². The zero-order chi connectivity index (χ0) is 19.2. The Morgan fingerprint density at radius 2 is 1.81 bits per heavy atom. The second-order valence-electron chi connectivity index (χ2n) is 5.66. The molecular formula is C19H19F3O3S. The van der Waals surface area contributed by atoms with Crippen LogP contribution in [-0.2, 0) is 11.0 Å². The van der Waals surface area contributed by atoms with Gasteiger partial charge in [0.05, 0.1) is 5.56 Å². The molecule has 0 heterocycles. The zero-order valence-corrected chi connectivity index (χ0v) is 14.9. The fraction of sp³-hybridized carbons (Fsp3) is 0.316. The quantitative estimate of drug-likeness (QED) is 0.681. The van der Waals surface area contributed by atoms with E-state index in [1.807, 2.05) is 31.2 Å². The second-order valence-corrected chi connectivity index (χ2v) is 6.79. The molecule has 0 amide bonds. The van der Waals surface area contributed by atoms with Crippen molar-refractivity contribution in [2.45, 2.75) is 30.5 Å². The molecule has 2 aromatic carbocycles. The number of aliphatic hydroxyl groups is 1. The van der Waals surface area contributed by atoms with Crippen LogP contribution in [-0.4, -0.2) is 29.4 Å². The molecule has 2 rings (SSSR count). The number of alkyl halides is 3. The van der Waals surface area contributed by atoms with Gasteiger partial charge in [-0.15, -0.1) is 11.8 Å². The topological polar surface area (TPSA) is 46.5 Å². The predicted molar refractivity (Wildman–Crippen MR) is 94.5 cm³/mol. The summed E-state index contributed by atoms with van der Waals surface area (Å²) in [4.78, 5) is 13.0. The van der Waals surface area contributed by atoms with Gasteiger partial charge in [0.2, 0.25) is 0 Å². The van der Waals surface area contributed by atoms with Crippen molar-refractivity contribution in [1.82, 2.24) is 0 Å². The van der Waals surface area contributed by atoms with E-state index < -0.39 is 30.2 Å². The Kier molecular flexibility index (Phi) is 7.11. The van der Waals surface area contributed by atoms with E-state index in [4.69, 9.17) is 9.84 Å². The van der Waals surface area contributed by atoms with Crippen LogP contribution in [0.5, 0.6) is 5.75 Å². The molecule has 3 nitrogen and oxygen atoms in total. The van der Waals surface area contributed by atoms with E-state index in [2.05, 4.69) is 0 Å². The third-order valence-electron chi connectivity index (χ3n) is 3.71. The maximum atomic E-state index is 12.6. The molecule has 0 aliphatic heterocycles. The second kappa shape index (κ2) is 9.09. The van der Waals surface area contributed by atoms with Crippen molar-refractivity contribution in [3.8, 4) is 5.75 Å². The minimum absolute atomic E-state index is 0.158. The standard InChI is InChI=1S/C19H19F3O3S/c1-13-4-2-3-5-18(13)26-11-10-17(16(24)12-23)25-15-8-6-14(7-9-15)19(20,21)22/h2-9,17,23H,10-12H2,1H3/t17-/m0/s1. The number of benzene rings is 2. The van der Waals surface area contributed by atoms with Gasteiger partial charge >= 0.3 is 6.18 Å². The summed E-state index contributed by atoms with van der Waals surface area (Å²) in [6, 6.07) is 12.0. The number of carbonyl (C=O) groups is 1. The Labute approximate surface area is 154 Å². The highest BCUT2D eigenvalue weighted by molar-refractivity contribution is 7.99. The Bertz CT molecular complexity index is 730. The Balaban J connectivity index is 1.99. The van der Waals surface area contributed by atoms with E-state index in [1.54, 1.807) is 11.8 Å². The van der Waals surface area contributed by atoms with Gasteiger partial charge in [0, 0.05) is 17.1 Å². The molecule has 0 aliphatic carbocycles. The lowest BCUT2D eigenvalue weighted by atomic mass is 10.1. The Morgan fingerprint density at radius 1 is 1.15 bits per heavy atom. The third-order valence-corrected chi connectivity index (χ3v) is 4.92. The summed E-state index contributed by atoms with van der Waals surface area (Å²) in [5.74, 6) is 0.225. The Morgan fingerprint density at radius 3 is 2.38 bits per heavy atom. The first-order valence-corrected chi connectivity index (χ1v) is 8.95. The number of carbonyl (C=O) groups excluding carboxylic acids is 1. The Hall–Kier alpha value is -1.99. The number of rotatable bonds is 8. The molecule has 0 fully saturated rings. The lowest BCUT2D eigenvalue weighted by Gasteiger charge is -2.18. The van der Waals surface area contributed by atoms with Gasteiger partial charge in [-0.25, -0.2) is 0 Å². The maximum absolute atomic E-state index is 12.6. The lowest BCUT2D eigenvalue weighted by molar-refractivity contribution is -0.137. The molecule has 1 atom stereocenters. The smallest absolute Gasteiger partial charge is 0.416 e. The molecule has 1 N–H and O–H groups in total. The van der Waals surface area contributed by atoms with E-state index in [0.717, 1.165) is 22.6 Å². The molecule has 26 heavy (non-hydrogen) atoms. The molecule has 0 unspecified atom stereocenters. The zero-order valence-electron chi connectivity index (χ0n) is 14.1. The molecule has 0 saturated carbocycles. The average molecular weight is 384 g/mol. The van der Waals surface area contributed by atoms with Gasteiger partial charge < -0.3 is 9.84 Å². The summed E-state index contributed by atoms with van der Waals surface area (Å²) in [5.41, 5.74) is 0.330. The summed E-state index contributed by atoms with van der Waals surface area (Å²) in [5, 5.41) is 9.11. The summed E-state index contributed by atoms with van der Waals surface area (Å²) in [7, 11) is 0. The molecule has 0 bridgehead atoms. The number of aryl methyl sites for hydroxylation is 1. The fourth-order valence-corrected chi connectivity index (χ4v) is 3.29. The number of thioether (sulfide) groups is 1. The van der Waals surface area contributed by atoms with E-state index >= 15 is 0 Å². The molecular weight excluding hydrogens is 365 g/mol. The van der Waals surface area contributed by atoms with Crippen LogP contribution in [0, 0.1) is 6.92 Å². The highest BCUT2D eigenvalue weighted by Gasteiger charge is 2.30. The van der Waals surface area contributed by atoms with Gasteiger partial charge in [-0.2, -0.15) is 13.2 Å². The van der Waals surface area contributed by atoms with Gasteiger partial charge in [0.25, 0.3) is 0 Å². The van der Waals surface area contributed by atoms with Crippen LogP contribution in [0.15, 0.2) is 53.4 Å². The van der Waals surface area contributed by atoms with E-state index in [-0.39, 0.29) is 5.75 Å². The van der Waals surface area contributed by atoms with Crippen LogP contribution >= 0.6 is 11.8 Å². The molecule has 0 radical (unpaired) electrons. The molecule has 0 aliphatic rings. The summed E-state index contributed by atoms with van der Waals surface area (Å²) in [6.45, 7) is 1.30. The van der Waals surface area contributed by atoms with Crippen molar-refractivity contribution < 1.29 is 27.8 Å². The van der Waals surface area contributed by atoms with Crippen LogP contribution in [0.4, 0.5) is 13.2 Å². The summed E-state index contributed by atoms with van der Waals surface area (Å²) in [6.07, 6.45) is -5.00. The fourth-order valence-electron chi connectivity index (χ4n) is 2.27.